The van der Waals surface area contributed by atoms with E-state index in [-0.39, 0.29) is 0 Å². The molecule has 0 aliphatic heterocycles. The fraction of sp³-hybridized carbons (Fsp3) is 0.417. The monoisotopic (exact) mass is 202 g/mol. The van der Waals surface area contributed by atoms with Crippen LogP contribution in [0.4, 0.5) is 0 Å². The highest BCUT2D eigenvalue weighted by Crippen LogP contribution is 2.19. The van der Waals surface area contributed by atoms with Crippen LogP contribution in [0.1, 0.15) is 18.4 Å². The summed E-state index contributed by atoms with van der Waals surface area (Å²) in [6, 6.07) is 7.00. The lowest BCUT2D eigenvalue weighted by atomic mass is 10.1. The molecule has 3 nitrogen and oxygen atoms in total. The van der Waals surface area contributed by atoms with E-state index in [4.69, 9.17) is 4.42 Å². The van der Waals surface area contributed by atoms with Gasteiger partial charge in [0, 0.05) is 6.04 Å². The number of oxazole rings is 1. The van der Waals surface area contributed by atoms with Crippen LogP contribution in [0.25, 0.3) is 11.1 Å². The van der Waals surface area contributed by atoms with E-state index in [0.717, 1.165) is 30.1 Å². The molecular formula is C12H14N2O. The maximum absolute atomic E-state index is 5.20. The van der Waals surface area contributed by atoms with Gasteiger partial charge in [0.25, 0.3) is 0 Å². The van der Waals surface area contributed by atoms with Gasteiger partial charge in [-0.1, -0.05) is 6.07 Å². The molecule has 0 spiro atoms. The third-order valence-electron chi connectivity index (χ3n) is 2.82. The molecule has 3 rings (SSSR count). The summed E-state index contributed by atoms with van der Waals surface area (Å²) in [5, 5.41) is 3.50. The Kier molecular flexibility index (Phi) is 2.18. The lowest BCUT2D eigenvalue weighted by Gasteiger charge is -2.02. The maximum atomic E-state index is 5.20. The van der Waals surface area contributed by atoms with Crippen LogP contribution in [0.5, 0.6) is 0 Å². The third-order valence-corrected chi connectivity index (χ3v) is 2.82. The predicted octanol–water partition coefficient (Wildman–Crippen LogP) is 2.12. The Labute approximate surface area is 88.5 Å². The summed E-state index contributed by atoms with van der Waals surface area (Å²) in [4.78, 5) is 4.15. The molecule has 2 aromatic rings. The molecule has 0 saturated heterocycles. The average Bonchev–Trinajstić information content (AvgIpc) is 2.95. The van der Waals surface area contributed by atoms with Crippen LogP contribution in [0, 0.1) is 0 Å². The van der Waals surface area contributed by atoms with E-state index in [9.17, 15) is 0 Å². The molecular weight excluding hydrogens is 188 g/mol. The third kappa shape index (κ3) is 2.02. The Morgan fingerprint density at radius 1 is 1.40 bits per heavy atom. The summed E-state index contributed by atoms with van der Waals surface area (Å²) in [6.07, 6.45) is 5.26. The summed E-state index contributed by atoms with van der Waals surface area (Å²) in [7, 11) is 0. The highest BCUT2D eigenvalue weighted by Gasteiger charge is 2.19. The zero-order chi connectivity index (χ0) is 10.1. The average molecular weight is 202 g/mol. The van der Waals surface area contributed by atoms with E-state index in [1.165, 1.54) is 24.8 Å². The van der Waals surface area contributed by atoms with E-state index in [1.54, 1.807) is 0 Å². The van der Waals surface area contributed by atoms with Crippen LogP contribution in [0.2, 0.25) is 0 Å². The quantitative estimate of drug-likeness (QED) is 0.825. The first-order chi connectivity index (χ1) is 7.42. The molecule has 1 heterocycles. The summed E-state index contributed by atoms with van der Waals surface area (Å²) >= 11 is 0. The Morgan fingerprint density at radius 3 is 3.20 bits per heavy atom. The summed E-state index contributed by atoms with van der Waals surface area (Å²) in [5.74, 6) is 0. The molecule has 3 heteroatoms. The second-order valence-electron chi connectivity index (χ2n) is 4.13. The van der Waals surface area contributed by atoms with Crippen molar-refractivity contribution >= 4 is 11.1 Å². The van der Waals surface area contributed by atoms with Crippen molar-refractivity contribution < 1.29 is 4.42 Å². The van der Waals surface area contributed by atoms with Gasteiger partial charge >= 0.3 is 0 Å². The predicted molar refractivity (Wildman–Crippen MR) is 58.7 cm³/mol. The topological polar surface area (TPSA) is 38.1 Å². The molecule has 1 aromatic heterocycles. The van der Waals surface area contributed by atoms with Crippen LogP contribution in [-0.4, -0.2) is 17.6 Å². The molecule has 0 radical (unpaired) electrons. The van der Waals surface area contributed by atoms with Gasteiger partial charge < -0.3 is 9.73 Å². The van der Waals surface area contributed by atoms with Gasteiger partial charge in [-0.3, -0.25) is 0 Å². The van der Waals surface area contributed by atoms with E-state index in [2.05, 4.69) is 22.4 Å². The Balaban J connectivity index is 1.67. The molecule has 1 saturated carbocycles. The summed E-state index contributed by atoms with van der Waals surface area (Å²) in [5.41, 5.74) is 3.15. The molecule has 1 aliphatic carbocycles. The smallest absolute Gasteiger partial charge is 0.181 e. The SMILES string of the molecule is c1nc2cc(CCNC3CC3)ccc2o1. The summed E-state index contributed by atoms with van der Waals surface area (Å²) < 4.78 is 5.20. The highest BCUT2D eigenvalue weighted by atomic mass is 16.3. The first-order valence-corrected chi connectivity index (χ1v) is 5.47. The molecule has 1 aliphatic rings. The van der Waals surface area contributed by atoms with Gasteiger partial charge in [0.05, 0.1) is 0 Å². The van der Waals surface area contributed by atoms with Crippen LogP contribution < -0.4 is 5.32 Å². The minimum absolute atomic E-state index is 0.792. The van der Waals surface area contributed by atoms with Crippen molar-refractivity contribution in [1.29, 1.82) is 0 Å². The van der Waals surface area contributed by atoms with Crippen LogP contribution in [-0.2, 0) is 6.42 Å². The highest BCUT2D eigenvalue weighted by molar-refractivity contribution is 5.72. The number of nitrogens with zero attached hydrogens (tertiary/aromatic N) is 1. The van der Waals surface area contributed by atoms with Crippen molar-refractivity contribution in [2.75, 3.05) is 6.54 Å². The fourth-order valence-electron chi connectivity index (χ4n) is 1.77. The minimum Gasteiger partial charge on any atom is -0.443 e. The van der Waals surface area contributed by atoms with Crippen molar-refractivity contribution in [3.8, 4) is 0 Å². The van der Waals surface area contributed by atoms with Gasteiger partial charge in [0.1, 0.15) is 5.52 Å². The second-order valence-corrected chi connectivity index (χ2v) is 4.13. The normalized spacial score (nSPS) is 16.0. The Morgan fingerprint density at radius 2 is 2.33 bits per heavy atom. The molecule has 1 aromatic carbocycles. The largest absolute Gasteiger partial charge is 0.443 e. The summed E-state index contributed by atoms with van der Waals surface area (Å²) in [6.45, 7) is 1.06. The van der Waals surface area contributed by atoms with Gasteiger partial charge in [-0.2, -0.15) is 0 Å². The van der Waals surface area contributed by atoms with Gasteiger partial charge in [-0.05, 0) is 43.5 Å². The molecule has 0 unspecified atom stereocenters. The molecule has 0 bridgehead atoms. The van der Waals surface area contributed by atoms with E-state index < -0.39 is 0 Å². The van der Waals surface area contributed by atoms with Crippen molar-refractivity contribution in [1.82, 2.24) is 10.3 Å². The lowest BCUT2D eigenvalue weighted by molar-refractivity contribution is 0.602. The molecule has 0 atom stereocenters. The minimum atomic E-state index is 0.792. The number of aromatic nitrogens is 1. The molecule has 1 N–H and O–H groups in total. The van der Waals surface area contributed by atoms with Crippen molar-refractivity contribution in [3.05, 3.63) is 30.2 Å². The van der Waals surface area contributed by atoms with E-state index in [0.29, 0.717) is 0 Å². The molecule has 15 heavy (non-hydrogen) atoms. The molecule has 1 fully saturated rings. The van der Waals surface area contributed by atoms with Gasteiger partial charge in [0.15, 0.2) is 12.0 Å². The molecule has 78 valence electrons. The van der Waals surface area contributed by atoms with Gasteiger partial charge in [-0.25, -0.2) is 4.98 Å². The van der Waals surface area contributed by atoms with Crippen molar-refractivity contribution in [2.45, 2.75) is 25.3 Å². The van der Waals surface area contributed by atoms with Gasteiger partial charge in [0.2, 0.25) is 0 Å². The maximum Gasteiger partial charge on any atom is 0.181 e. The Bertz CT molecular complexity index is 459. The second kappa shape index (κ2) is 3.66. The fourth-order valence-corrected chi connectivity index (χ4v) is 1.77. The lowest BCUT2D eigenvalue weighted by Crippen LogP contribution is -2.19. The zero-order valence-corrected chi connectivity index (χ0v) is 8.57. The van der Waals surface area contributed by atoms with Crippen molar-refractivity contribution in [2.24, 2.45) is 0 Å². The number of fused-ring (bicyclic) bond motifs is 1. The van der Waals surface area contributed by atoms with Crippen LogP contribution in [0.3, 0.4) is 0 Å². The first kappa shape index (κ1) is 8.92. The van der Waals surface area contributed by atoms with E-state index >= 15 is 0 Å². The van der Waals surface area contributed by atoms with Crippen LogP contribution in [0.15, 0.2) is 29.0 Å². The Hall–Kier alpha value is -1.35. The number of hydrogen-bond donors (Lipinski definition) is 1. The number of hydrogen-bond acceptors (Lipinski definition) is 3. The van der Waals surface area contributed by atoms with Crippen LogP contribution >= 0.6 is 0 Å². The standard InChI is InChI=1S/C12H14N2O/c1-4-12-11(14-8-15-12)7-9(1)5-6-13-10-2-3-10/h1,4,7-8,10,13H,2-3,5-6H2. The number of rotatable bonds is 4. The van der Waals surface area contributed by atoms with Crippen molar-refractivity contribution in [3.63, 3.8) is 0 Å². The number of nitrogens with one attached hydrogen (secondary N) is 1. The van der Waals surface area contributed by atoms with E-state index in [1.807, 2.05) is 6.07 Å². The molecule has 0 amide bonds. The number of benzene rings is 1. The van der Waals surface area contributed by atoms with Gasteiger partial charge in [-0.15, -0.1) is 0 Å². The zero-order valence-electron chi connectivity index (χ0n) is 8.57. The first-order valence-electron chi connectivity index (χ1n) is 5.47.